The van der Waals surface area contributed by atoms with Crippen molar-refractivity contribution in [2.75, 3.05) is 6.54 Å². The van der Waals surface area contributed by atoms with Crippen LogP contribution < -0.4 is 21.3 Å². The van der Waals surface area contributed by atoms with Crippen molar-refractivity contribution in [3.8, 4) is 0 Å². The van der Waals surface area contributed by atoms with Crippen LogP contribution in [-0.2, 0) is 43.5 Å². The van der Waals surface area contributed by atoms with E-state index >= 15 is 0 Å². The summed E-state index contributed by atoms with van der Waals surface area (Å²) < 4.78 is 6.87. The van der Waals surface area contributed by atoms with Crippen LogP contribution >= 0.6 is 12.6 Å². The second kappa shape index (κ2) is 16.1. The molecule has 0 saturated heterocycles. The van der Waals surface area contributed by atoms with Crippen molar-refractivity contribution in [2.45, 2.75) is 89.1 Å². The number of aromatic nitrogens is 3. The van der Waals surface area contributed by atoms with Crippen molar-refractivity contribution in [2.24, 2.45) is 5.92 Å². The second-order valence-corrected chi connectivity index (χ2v) is 11.5. The molecule has 0 unspecified atom stereocenters. The Morgan fingerprint density at radius 3 is 2.53 bits per heavy atom. The summed E-state index contributed by atoms with van der Waals surface area (Å²) in [7, 11) is 0. The van der Waals surface area contributed by atoms with E-state index in [-0.39, 0.29) is 44.2 Å². The van der Waals surface area contributed by atoms with Crippen LogP contribution in [0.3, 0.4) is 0 Å². The molecule has 13 nitrogen and oxygen atoms in total. The molecule has 1 saturated carbocycles. The Bertz CT molecular complexity index is 1270. The number of benzene rings is 1. The van der Waals surface area contributed by atoms with Crippen molar-refractivity contribution in [1.82, 2.24) is 36.3 Å². The molecule has 2 aliphatic rings. The lowest BCUT2D eigenvalue weighted by atomic mass is 9.84. The minimum absolute atomic E-state index is 0.00338. The number of nitrogens with one attached hydrogen (secondary N) is 4. The van der Waals surface area contributed by atoms with Crippen molar-refractivity contribution < 1.29 is 28.7 Å². The molecule has 4 rings (SSSR count). The van der Waals surface area contributed by atoms with Gasteiger partial charge in [-0.05, 0) is 24.3 Å². The lowest BCUT2D eigenvalue weighted by Crippen LogP contribution is -2.56. The van der Waals surface area contributed by atoms with E-state index in [9.17, 15) is 24.0 Å². The first kappa shape index (κ1) is 32.0. The molecule has 1 aromatic heterocycles. The first-order chi connectivity index (χ1) is 20.8. The third-order valence-corrected chi connectivity index (χ3v) is 8.00. The highest BCUT2D eigenvalue weighted by Gasteiger charge is 2.32. The van der Waals surface area contributed by atoms with E-state index in [2.05, 4.69) is 44.2 Å². The molecule has 0 radical (unpaired) electrons. The minimum atomic E-state index is -1.13. The van der Waals surface area contributed by atoms with Gasteiger partial charge in [0.15, 0.2) is 0 Å². The molecule has 1 aliphatic heterocycles. The predicted octanol–water partition coefficient (Wildman–Crippen LogP) is 1.42. The van der Waals surface area contributed by atoms with Gasteiger partial charge in [-0.15, -0.1) is 17.7 Å². The Labute approximate surface area is 255 Å². The summed E-state index contributed by atoms with van der Waals surface area (Å²) in [5.74, 6) is -1.23. The fourth-order valence-electron chi connectivity index (χ4n) is 5.33. The van der Waals surface area contributed by atoms with Crippen LogP contribution in [0.5, 0.6) is 0 Å². The predicted molar refractivity (Wildman–Crippen MR) is 159 cm³/mol. The minimum Gasteiger partial charge on any atom is -0.445 e. The van der Waals surface area contributed by atoms with Gasteiger partial charge in [-0.3, -0.25) is 23.9 Å². The number of rotatable bonds is 6. The van der Waals surface area contributed by atoms with Gasteiger partial charge in [-0.2, -0.15) is 0 Å². The molecule has 1 aliphatic carbocycles. The zero-order valence-electron chi connectivity index (χ0n) is 24.0. The molecular formula is C29H39N7O6S. The van der Waals surface area contributed by atoms with Crippen LogP contribution in [-0.4, -0.2) is 68.6 Å². The van der Waals surface area contributed by atoms with E-state index in [1.54, 1.807) is 6.20 Å². The molecule has 2 aromatic rings. The van der Waals surface area contributed by atoms with Gasteiger partial charge < -0.3 is 26.0 Å². The van der Waals surface area contributed by atoms with Gasteiger partial charge in [-0.25, -0.2) is 4.79 Å². The molecule has 2 bridgehead atoms. The van der Waals surface area contributed by atoms with Crippen LogP contribution in [0.4, 0.5) is 4.79 Å². The van der Waals surface area contributed by atoms with E-state index in [0.29, 0.717) is 18.7 Å². The maximum Gasteiger partial charge on any atom is 0.408 e. The molecule has 4 amide bonds. The van der Waals surface area contributed by atoms with Crippen molar-refractivity contribution in [3.63, 3.8) is 0 Å². The van der Waals surface area contributed by atoms with Crippen LogP contribution in [0.1, 0.15) is 62.6 Å². The number of hydrogen-bond donors (Lipinski definition) is 5. The number of thiol groups is 1. The number of nitrogens with zero attached hydrogens (tertiary/aromatic N) is 3. The fraction of sp³-hybridized carbons (Fsp3) is 0.552. The van der Waals surface area contributed by atoms with Crippen LogP contribution in [0.15, 0.2) is 36.5 Å². The topological polar surface area (TPSA) is 173 Å². The van der Waals surface area contributed by atoms with Gasteiger partial charge in [0.2, 0.25) is 22.8 Å². The maximum atomic E-state index is 13.7. The third-order valence-electron chi connectivity index (χ3n) is 7.69. The summed E-state index contributed by atoms with van der Waals surface area (Å²) in [6, 6.07) is 6.01. The third kappa shape index (κ3) is 10.4. The second-order valence-electron chi connectivity index (χ2n) is 11.0. The summed E-state index contributed by atoms with van der Waals surface area (Å²) in [4.78, 5) is 64.6. The largest absolute Gasteiger partial charge is 0.445 e. The maximum absolute atomic E-state index is 13.7. The van der Waals surface area contributed by atoms with Crippen molar-refractivity contribution in [3.05, 3.63) is 47.8 Å². The highest BCUT2D eigenvalue weighted by molar-refractivity contribution is 7.96. The summed E-state index contributed by atoms with van der Waals surface area (Å²) in [6.45, 7) is 0.580. The Hall–Kier alpha value is -3.94. The number of hydrogen-bond acceptors (Lipinski definition) is 8. The standard InChI is InChI=1S/C29H39N7O6S/c37-25-12-11-22(28(40)43)31-26(38)23(15-19-7-3-1-4-8-19)32-27(39)24(16-21-17-36(35-34-21)14-13-30-25)33-29(41)42-18-20-9-5-2-6-10-20/h2,5-6,9-10,17,19,22-24H,1,3-4,7-8,11-16,18H2,(H,30,37)(H,31,38)(H,32,39)(H,33,41)(H,40,43)/t22-,23-,24-/m0/s1. The molecule has 1 fully saturated rings. The lowest BCUT2D eigenvalue weighted by molar-refractivity contribution is -0.131. The van der Waals surface area contributed by atoms with E-state index < -0.39 is 41.1 Å². The van der Waals surface area contributed by atoms with E-state index in [4.69, 9.17) is 4.74 Å². The highest BCUT2D eigenvalue weighted by atomic mass is 32.1. The number of carbonyl (C=O) groups excluding carboxylic acids is 5. The van der Waals surface area contributed by atoms with Crippen molar-refractivity contribution >= 4 is 41.6 Å². The van der Waals surface area contributed by atoms with Crippen LogP contribution in [0.2, 0.25) is 0 Å². The normalized spacial score (nSPS) is 22.8. The van der Waals surface area contributed by atoms with Gasteiger partial charge in [0, 0.05) is 25.6 Å². The Morgan fingerprint density at radius 1 is 1.02 bits per heavy atom. The molecule has 1 aromatic carbocycles. The summed E-state index contributed by atoms with van der Waals surface area (Å²) in [6.07, 6.45) is 6.25. The average molecular weight is 614 g/mol. The molecule has 43 heavy (non-hydrogen) atoms. The molecule has 2 heterocycles. The molecule has 3 atom stereocenters. The lowest BCUT2D eigenvalue weighted by Gasteiger charge is -2.29. The monoisotopic (exact) mass is 613 g/mol. The zero-order chi connectivity index (χ0) is 30.6. The molecular weight excluding hydrogens is 574 g/mol. The number of ether oxygens (including phenoxy) is 1. The first-order valence-electron chi connectivity index (χ1n) is 14.7. The van der Waals surface area contributed by atoms with Gasteiger partial charge in [0.05, 0.1) is 18.3 Å². The fourth-order valence-corrected chi connectivity index (χ4v) is 5.52. The number of fused-ring (bicyclic) bond motifs is 2. The molecule has 14 heteroatoms. The SMILES string of the molecule is O=C1CC[C@@H](C(=O)S)NC(=O)[C@H](CC2CCCCC2)NC(=O)[C@@H](NC(=O)OCc2ccccc2)Cc2cn(nn2)CCN1. The molecule has 0 spiro atoms. The van der Waals surface area contributed by atoms with Gasteiger partial charge >= 0.3 is 6.09 Å². The Balaban J connectivity index is 1.55. The summed E-state index contributed by atoms with van der Waals surface area (Å²) in [5.41, 5.74) is 1.21. The van der Waals surface area contributed by atoms with E-state index in [1.165, 1.54) is 4.68 Å². The summed E-state index contributed by atoms with van der Waals surface area (Å²) in [5, 5.41) is 18.5. The van der Waals surface area contributed by atoms with Crippen LogP contribution in [0, 0.1) is 5.92 Å². The average Bonchev–Trinajstić information content (AvgIpc) is 3.44. The Kier molecular flexibility index (Phi) is 11.9. The highest BCUT2D eigenvalue weighted by Crippen LogP contribution is 2.27. The number of carbonyl (C=O) groups is 5. The number of alkyl carbamates (subject to hydrolysis) is 1. The molecule has 4 N–H and O–H groups in total. The quantitative estimate of drug-likeness (QED) is 0.304. The van der Waals surface area contributed by atoms with Crippen molar-refractivity contribution in [1.29, 1.82) is 0 Å². The number of amides is 4. The zero-order valence-corrected chi connectivity index (χ0v) is 24.9. The van der Waals surface area contributed by atoms with Crippen LogP contribution in [0.25, 0.3) is 0 Å². The Morgan fingerprint density at radius 2 is 1.79 bits per heavy atom. The van der Waals surface area contributed by atoms with E-state index in [0.717, 1.165) is 37.7 Å². The summed E-state index contributed by atoms with van der Waals surface area (Å²) >= 11 is 3.92. The van der Waals surface area contributed by atoms with Gasteiger partial charge in [-0.1, -0.05) is 67.6 Å². The first-order valence-corrected chi connectivity index (χ1v) is 15.2. The van der Waals surface area contributed by atoms with Gasteiger partial charge in [0.1, 0.15) is 18.7 Å². The van der Waals surface area contributed by atoms with Gasteiger partial charge in [0.25, 0.3) is 0 Å². The molecule has 232 valence electrons. The smallest absolute Gasteiger partial charge is 0.408 e. The van der Waals surface area contributed by atoms with E-state index in [1.807, 2.05) is 30.3 Å².